The van der Waals surface area contributed by atoms with Gasteiger partial charge in [0.25, 0.3) is 0 Å². The number of aryl methyl sites for hydroxylation is 1. The number of hydrogen-bond acceptors (Lipinski definition) is 0. The highest BCUT2D eigenvalue weighted by molar-refractivity contribution is 5.83. The molecule has 0 nitrogen and oxygen atoms in total. The molecule has 20 heavy (non-hydrogen) atoms. The average Bonchev–Trinajstić information content (AvgIpc) is 2.43. The third-order valence-corrected chi connectivity index (χ3v) is 2.73. The molecule has 0 heterocycles. The molecular formula is C15H9F5. The number of rotatable bonds is 2. The van der Waals surface area contributed by atoms with Gasteiger partial charge in [0.1, 0.15) is 0 Å². The lowest BCUT2D eigenvalue weighted by atomic mass is 10.1. The first kappa shape index (κ1) is 14.2. The molecular weight excluding hydrogens is 275 g/mol. The summed E-state index contributed by atoms with van der Waals surface area (Å²) in [7, 11) is 0. The van der Waals surface area contributed by atoms with E-state index in [-0.39, 0.29) is 5.56 Å². The minimum absolute atomic E-state index is 0.0711. The summed E-state index contributed by atoms with van der Waals surface area (Å²) in [5.41, 5.74) is 0.0820. The lowest BCUT2D eigenvalue weighted by Crippen LogP contribution is -1.94. The van der Waals surface area contributed by atoms with Gasteiger partial charge in [-0.15, -0.1) is 0 Å². The molecule has 0 spiro atoms. The van der Waals surface area contributed by atoms with Gasteiger partial charge in [-0.25, -0.2) is 22.0 Å². The predicted octanol–water partition coefficient (Wildman–Crippen LogP) is 5.18. The Morgan fingerprint density at radius 3 is 1.70 bits per heavy atom. The number of halogens is 5. The van der Waals surface area contributed by atoms with Crippen molar-refractivity contribution in [3.05, 3.63) is 70.5 Å². The van der Waals surface area contributed by atoms with E-state index in [1.165, 1.54) is 12.1 Å². The van der Waals surface area contributed by atoms with E-state index < -0.39 is 34.7 Å². The van der Waals surface area contributed by atoms with Crippen molar-refractivity contribution in [3.63, 3.8) is 0 Å². The molecule has 0 aromatic heterocycles. The molecule has 0 aliphatic heterocycles. The van der Waals surface area contributed by atoms with Crippen LogP contribution >= 0.6 is 0 Å². The fourth-order valence-electron chi connectivity index (χ4n) is 1.64. The van der Waals surface area contributed by atoms with Crippen LogP contribution in [0.25, 0.3) is 11.7 Å². The van der Waals surface area contributed by atoms with Gasteiger partial charge in [0.15, 0.2) is 29.1 Å². The maximum Gasteiger partial charge on any atom is 0.194 e. The molecule has 0 fully saturated rings. The Morgan fingerprint density at radius 1 is 0.750 bits per heavy atom. The SMILES string of the molecule is Cc1ccc(/C(F)=C(\F)c2cc(F)c(F)c(F)c2)cc1. The highest BCUT2D eigenvalue weighted by Gasteiger charge is 2.17. The smallest absolute Gasteiger partial charge is 0.194 e. The van der Waals surface area contributed by atoms with Crippen molar-refractivity contribution in [2.75, 3.05) is 0 Å². The van der Waals surface area contributed by atoms with E-state index in [0.29, 0.717) is 12.1 Å². The fourth-order valence-corrected chi connectivity index (χ4v) is 1.64. The van der Waals surface area contributed by atoms with E-state index in [2.05, 4.69) is 0 Å². The van der Waals surface area contributed by atoms with Crippen LogP contribution in [0.15, 0.2) is 36.4 Å². The van der Waals surface area contributed by atoms with Crippen LogP contribution in [0.2, 0.25) is 0 Å². The minimum atomic E-state index is -1.72. The molecule has 104 valence electrons. The summed E-state index contributed by atoms with van der Waals surface area (Å²) in [6.07, 6.45) is 0. The molecule has 0 aliphatic rings. The summed E-state index contributed by atoms with van der Waals surface area (Å²) in [5.74, 6) is -7.60. The van der Waals surface area contributed by atoms with Gasteiger partial charge in [-0.3, -0.25) is 0 Å². The van der Waals surface area contributed by atoms with Gasteiger partial charge < -0.3 is 0 Å². The summed E-state index contributed by atoms with van der Waals surface area (Å²) in [6, 6.07) is 6.60. The molecule has 0 amide bonds. The molecule has 0 bridgehead atoms. The third-order valence-electron chi connectivity index (χ3n) is 2.73. The second-order valence-corrected chi connectivity index (χ2v) is 4.25. The largest absolute Gasteiger partial charge is 0.204 e. The molecule has 0 radical (unpaired) electrons. The summed E-state index contributed by atoms with van der Waals surface area (Å²) in [5, 5.41) is 0. The molecule has 5 heteroatoms. The van der Waals surface area contributed by atoms with E-state index >= 15 is 0 Å². The summed E-state index contributed by atoms with van der Waals surface area (Å²) < 4.78 is 66.5. The molecule has 2 aromatic rings. The molecule has 0 saturated carbocycles. The normalized spacial score (nSPS) is 12.3. The zero-order valence-corrected chi connectivity index (χ0v) is 10.4. The fraction of sp³-hybridized carbons (Fsp3) is 0.0667. The second-order valence-electron chi connectivity index (χ2n) is 4.25. The van der Waals surface area contributed by atoms with E-state index in [9.17, 15) is 22.0 Å². The van der Waals surface area contributed by atoms with E-state index in [4.69, 9.17) is 0 Å². The van der Waals surface area contributed by atoms with Crippen molar-refractivity contribution in [1.82, 2.24) is 0 Å². The van der Waals surface area contributed by atoms with Crippen LogP contribution in [-0.2, 0) is 0 Å². The monoisotopic (exact) mass is 284 g/mol. The number of benzene rings is 2. The van der Waals surface area contributed by atoms with Crippen molar-refractivity contribution in [1.29, 1.82) is 0 Å². The van der Waals surface area contributed by atoms with Crippen molar-refractivity contribution < 1.29 is 22.0 Å². The summed E-state index contributed by atoms with van der Waals surface area (Å²) in [4.78, 5) is 0. The van der Waals surface area contributed by atoms with E-state index in [1.54, 1.807) is 19.1 Å². The van der Waals surface area contributed by atoms with Gasteiger partial charge >= 0.3 is 0 Å². The molecule has 0 saturated heterocycles. The van der Waals surface area contributed by atoms with E-state index in [0.717, 1.165) is 5.56 Å². The first-order chi connectivity index (χ1) is 9.40. The zero-order chi connectivity index (χ0) is 14.9. The Balaban J connectivity index is 2.50. The third kappa shape index (κ3) is 2.71. The quantitative estimate of drug-likeness (QED) is 0.405. The highest BCUT2D eigenvalue weighted by Crippen LogP contribution is 2.30. The van der Waals surface area contributed by atoms with Crippen LogP contribution in [-0.4, -0.2) is 0 Å². The van der Waals surface area contributed by atoms with Crippen molar-refractivity contribution >= 4 is 11.7 Å². The van der Waals surface area contributed by atoms with Gasteiger partial charge in [-0.2, -0.15) is 0 Å². The maximum absolute atomic E-state index is 13.9. The Kier molecular flexibility index (Phi) is 3.88. The Labute approximate surface area is 112 Å². The highest BCUT2D eigenvalue weighted by atomic mass is 19.2. The standard InChI is InChI=1S/C15H9F5/c1-8-2-4-9(5-3-8)13(18)14(19)10-6-11(16)15(20)12(17)7-10/h2-7H,1H3/b14-13+. The van der Waals surface area contributed by atoms with Crippen molar-refractivity contribution in [2.45, 2.75) is 6.92 Å². The van der Waals surface area contributed by atoms with Crippen LogP contribution in [0, 0.1) is 24.4 Å². The minimum Gasteiger partial charge on any atom is -0.204 e. The zero-order valence-electron chi connectivity index (χ0n) is 10.4. The van der Waals surface area contributed by atoms with Gasteiger partial charge in [0, 0.05) is 11.1 Å². The first-order valence-electron chi connectivity index (χ1n) is 5.67. The topological polar surface area (TPSA) is 0 Å². The summed E-state index contributed by atoms with van der Waals surface area (Å²) >= 11 is 0. The van der Waals surface area contributed by atoms with Crippen molar-refractivity contribution in [3.8, 4) is 0 Å². The van der Waals surface area contributed by atoms with Gasteiger partial charge in [0.05, 0.1) is 0 Å². The van der Waals surface area contributed by atoms with Crippen molar-refractivity contribution in [2.24, 2.45) is 0 Å². The predicted molar refractivity (Wildman–Crippen MR) is 66.5 cm³/mol. The van der Waals surface area contributed by atoms with E-state index in [1.807, 2.05) is 0 Å². The molecule has 0 N–H and O–H groups in total. The van der Waals surface area contributed by atoms with Crippen LogP contribution < -0.4 is 0 Å². The Hall–Kier alpha value is -2.17. The van der Waals surface area contributed by atoms with Crippen LogP contribution in [0.5, 0.6) is 0 Å². The lowest BCUT2D eigenvalue weighted by molar-refractivity contribution is 0.446. The number of hydrogen-bond donors (Lipinski definition) is 0. The summed E-state index contributed by atoms with van der Waals surface area (Å²) in [6.45, 7) is 1.77. The second kappa shape index (κ2) is 5.45. The van der Waals surface area contributed by atoms with Crippen LogP contribution in [0.3, 0.4) is 0 Å². The maximum atomic E-state index is 13.9. The molecule has 0 unspecified atom stereocenters. The Morgan fingerprint density at radius 2 is 1.20 bits per heavy atom. The Bertz CT molecular complexity index is 648. The average molecular weight is 284 g/mol. The molecule has 0 aliphatic carbocycles. The van der Waals surface area contributed by atoms with Crippen LogP contribution in [0.4, 0.5) is 22.0 Å². The molecule has 2 rings (SSSR count). The van der Waals surface area contributed by atoms with Gasteiger partial charge in [-0.05, 0) is 19.1 Å². The lowest BCUT2D eigenvalue weighted by Gasteiger charge is -2.04. The first-order valence-corrected chi connectivity index (χ1v) is 5.67. The van der Waals surface area contributed by atoms with Gasteiger partial charge in [-0.1, -0.05) is 29.8 Å². The molecule has 0 atom stereocenters. The van der Waals surface area contributed by atoms with Gasteiger partial charge in [0.2, 0.25) is 0 Å². The van der Waals surface area contributed by atoms with Crippen LogP contribution in [0.1, 0.15) is 16.7 Å². The molecule has 2 aromatic carbocycles.